The fourth-order valence-electron chi connectivity index (χ4n) is 1.95. The summed E-state index contributed by atoms with van der Waals surface area (Å²) in [6.07, 6.45) is 3.56. The van der Waals surface area contributed by atoms with Crippen LogP contribution in [0.3, 0.4) is 0 Å². The van der Waals surface area contributed by atoms with Gasteiger partial charge in [0.1, 0.15) is 0 Å². The zero-order chi connectivity index (χ0) is 12.0. The van der Waals surface area contributed by atoms with E-state index in [1.165, 1.54) is 7.11 Å². The number of hydrogen-bond donors (Lipinski definition) is 2. The number of nitrogens with two attached hydrogens (primary N) is 1. The molecule has 1 saturated carbocycles. The minimum absolute atomic E-state index is 0. The smallest absolute Gasteiger partial charge is 0.305 e. The Morgan fingerprint density at radius 2 is 2.12 bits per heavy atom. The van der Waals surface area contributed by atoms with E-state index >= 15 is 0 Å². The Labute approximate surface area is 108 Å². The summed E-state index contributed by atoms with van der Waals surface area (Å²) in [5.74, 6) is -0.108. The van der Waals surface area contributed by atoms with E-state index in [1.807, 2.05) is 0 Å². The third-order valence-corrected chi connectivity index (χ3v) is 2.93. The monoisotopic (exact) mass is 264 g/mol. The molecule has 0 aliphatic heterocycles. The SMILES string of the molecule is COC(=O)CCCNC(=O)C1CCC(N)C1.Cl. The summed E-state index contributed by atoms with van der Waals surface area (Å²) in [6.45, 7) is 0.527. The van der Waals surface area contributed by atoms with Crippen LogP contribution >= 0.6 is 12.4 Å². The Hall–Kier alpha value is -0.810. The Morgan fingerprint density at radius 3 is 2.65 bits per heavy atom. The van der Waals surface area contributed by atoms with Crippen LogP contribution in [0.2, 0.25) is 0 Å². The van der Waals surface area contributed by atoms with Crippen molar-refractivity contribution in [2.45, 2.75) is 38.1 Å². The lowest BCUT2D eigenvalue weighted by Crippen LogP contribution is -2.31. The van der Waals surface area contributed by atoms with Crippen LogP contribution in [0.5, 0.6) is 0 Å². The van der Waals surface area contributed by atoms with Crippen molar-refractivity contribution in [3.63, 3.8) is 0 Å². The van der Waals surface area contributed by atoms with Crippen molar-refractivity contribution in [3.05, 3.63) is 0 Å². The molecule has 0 saturated heterocycles. The van der Waals surface area contributed by atoms with Gasteiger partial charge in [-0.3, -0.25) is 9.59 Å². The second-order valence-electron chi connectivity index (χ2n) is 4.24. The Morgan fingerprint density at radius 1 is 1.41 bits per heavy atom. The molecule has 1 fully saturated rings. The van der Waals surface area contributed by atoms with Gasteiger partial charge in [0.15, 0.2) is 0 Å². The second kappa shape index (κ2) is 8.31. The average Bonchev–Trinajstić information content (AvgIpc) is 2.70. The second-order valence-corrected chi connectivity index (χ2v) is 4.24. The molecule has 6 heteroatoms. The molecule has 1 amide bonds. The molecule has 0 bridgehead atoms. The number of carbonyl (C=O) groups excluding carboxylic acids is 2. The fraction of sp³-hybridized carbons (Fsp3) is 0.818. The predicted octanol–water partition coefficient (Wildman–Crippen LogP) is 0.605. The van der Waals surface area contributed by atoms with Crippen LogP contribution in [0.25, 0.3) is 0 Å². The molecule has 0 heterocycles. The maximum Gasteiger partial charge on any atom is 0.305 e. The molecule has 1 aliphatic carbocycles. The van der Waals surface area contributed by atoms with Crippen molar-refractivity contribution >= 4 is 24.3 Å². The van der Waals surface area contributed by atoms with Gasteiger partial charge in [-0.25, -0.2) is 0 Å². The van der Waals surface area contributed by atoms with E-state index in [4.69, 9.17) is 5.73 Å². The van der Waals surface area contributed by atoms with Gasteiger partial charge in [0, 0.05) is 24.9 Å². The Balaban J connectivity index is 0.00000256. The topological polar surface area (TPSA) is 81.4 Å². The number of nitrogens with one attached hydrogen (secondary N) is 1. The molecule has 2 unspecified atom stereocenters. The van der Waals surface area contributed by atoms with Gasteiger partial charge in [-0.2, -0.15) is 0 Å². The minimum Gasteiger partial charge on any atom is -0.469 e. The van der Waals surface area contributed by atoms with Crippen LogP contribution in [0.1, 0.15) is 32.1 Å². The molecule has 0 aromatic heterocycles. The van der Waals surface area contributed by atoms with E-state index in [0.717, 1.165) is 19.3 Å². The van der Waals surface area contributed by atoms with E-state index in [0.29, 0.717) is 19.4 Å². The largest absolute Gasteiger partial charge is 0.469 e. The van der Waals surface area contributed by atoms with E-state index in [2.05, 4.69) is 10.1 Å². The number of methoxy groups -OCH3 is 1. The maximum atomic E-state index is 11.6. The summed E-state index contributed by atoms with van der Waals surface area (Å²) in [4.78, 5) is 22.4. The lowest BCUT2D eigenvalue weighted by atomic mass is 10.1. The number of hydrogen-bond acceptors (Lipinski definition) is 4. The van der Waals surface area contributed by atoms with E-state index in [-0.39, 0.29) is 36.2 Å². The summed E-state index contributed by atoms with van der Waals surface area (Å²) < 4.78 is 4.50. The van der Waals surface area contributed by atoms with Crippen LogP contribution in [-0.2, 0) is 14.3 Å². The van der Waals surface area contributed by atoms with E-state index < -0.39 is 0 Å². The average molecular weight is 265 g/mol. The lowest BCUT2D eigenvalue weighted by Gasteiger charge is -2.10. The molecule has 0 spiro atoms. The third kappa shape index (κ3) is 5.89. The van der Waals surface area contributed by atoms with Gasteiger partial charge in [0.05, 0.1) is 7.11 Å². The lowest BCUT2D eigenvalue weighted by molar-refractivity contribution is -0.140. The highest BCUT2D eigenvalue weighted by molar-refractivity contribution is 5.85. The first-order chi connectivity index (χ1) is 7.63. The molecule has 17 heavy (non-hydrogen) atoms. The van der Waals surface area contributed by atoms with Crippen LogP contribution < -0.4 is 11.1 Å². The van der Waals surface area contributed by atoms with E-state index in [9.17, 15) is 9.59 Å². The predicted molar refractivity (Wildman–Crippen MR) is 66.8 cm³/mol. The number of esters is 1. The van der Waals surface area contributed by atoms with Crippen molar-refractivity contribution in [2.24, 2.45) is 11.7 Å². The quantitative estimate of drug-likeness (QED) is 0.563. The molecule has 0 radical (unpaired) electrons. The highest BCUT2D eigenvalue weighted by Gasteiger charge is 2.27. The fourth-order valence-corrected chi connectivity index (χ4v) is 1.95. The summed E-state index contributed by atoms with van der Waals surface area (Å²) >= 11 is 0. The normalized spacial score (nSPS) is 22.7. The van der Waals surface area contributed by atoms with Gasteiger partial charge in [-0.1, -0.05) is 0 Å². The first-order valence-corrected chi connectivity index (χ1v) is 5.73. The van der Waals surface area contributed by atoms with Crippen molar-refractivity contribution in [3.8, 4) is 0 Å². The van der Waals surface area contributed by atoms with Gasteiger partial charge in [0.2, 0.25) is 5.91 Å². The summed E-state index contributed by atoms with van der Waals surface area (Å²) in [7, 11) is 1.36. The molecular formula is C11H21ClN2O3. The third-order valence-electron chi connectivity index (χ3n) is 2.93. The zero-order valence-electron chi connectivity index (χ0n) is 10.1. The van der Waals surface area contributed by atoms with Crippen molar-refractivity contribution in [1.82, 2.24) is 5.32 Å². The highest BCUT2D eigenvalue weighted by Crippen LogP contribution is 2.23. The first-order valence-electron chi connectivity index (χ1n) is 5.73. The number of amides is 1. The van der Waals surface area contributed by atoms with Gasteiger partial charge < -0.3 is 15.8 Å². The number of rotatable bonds is 5. The minimum atomic E-state index is -0.239. The molecule has 100 valence electrons. The van der Waals surface area contributed by atoms with Crippen molar-refractivity contribution in [1.29, 1.82) is 0 Å². The van der Waals surface area contributed by atoms with Gasteiger partial charge >= 0.3 is 5.97 Å². The van der Waals surface area contributed by atoms with Gasteiger partial charge in [0.25, 0.3) is 0 Å². The summed E-state index contributed by atoms with van der Waals surface area (Å²) in [5.41, 5.74) is 5.73. The Kier molecular flexibility index (Phi) is 7.91. The standard InChI is InChI=1S/C11H20N2O3.ClH/c1-16-10(14)3-2-6-13-11(15)8-4-5-9(12)7-8;/h8-9H,2-7,12H2,1H3,(H,13,15);1H. The molecule has 5 nitrogen and oxygen atoms in total. The number of carbonyl (C=O) groups is 2. The molecule has 0 aromatic carbocycles. The molecule has 1 rings (SSSR count). The molecule has 0 aromatic rings. The Bertz CT molecular complexity index is 261. The number of halogens is 1. The molecule has 3 N–H and O–H groups in total. The summed E-state index contributed by atoms with van der Waals surface area (Å²) in [6, 6.07) is 0.172. The van der Waals surface area contributed by atoms with Crippen LogP contribution in [0.15, 0.2) is 0 Å². The molecule has 1 aliphatic rings. The van der Waals surface area contributed by atoms with Crippen LogP contribution in [-0.4, -0.2) is 31.6 Å². The van der Waals surface area contributed by atoms with Crippen molar-refractivity contribution in [2.75, 3.05) is 13.7 Å². The summed E-state index contributed by atoms with van der Waals surface area (Å²) in [5, 5.41) is 2.82. The molecule has 2 atom stereocenters. The molecular weight excluding hydrogens is 244 g/mol. The highest BCUT2D eigenvalue weighted by atomic mass is 35.5. The first kappa shape index (κ1) is 16.2. The maximum absolute atomic E-state index is 11.6. The van der Waals surface area contributed by atoms with Crippen molar-refractivity contribution < 1.29 is 14.3 Å². The van der Waals surface area contributed by atoms with Gasteiger partial charge in [-0.15, -0.1) is 12.4 Å². The number of ether oxygens (including phenoxy) is 1. The zero-order valence-corrected chi connectivity index (χ0v) is 10.9. The van der Waals surface area contributed by atoms with E-state index in [1.54, 1.807) is 0 Å². The van der Waals surface area contributed by atoms with Crippen LogP contribution in [0, 0.1) is 5.92 Å². The van der Waals surface area contributed by atoms with Crippen LogP contribution in [0.4, 0.5) is 0 Å². The van der Waals surface area contributed by atoms with Gasteiger partial charge in [-0.05, 0) is 25.7 Å².